The van der Waals surface area contributed by atoms with Crippen LogP contribution in [-0.2, 0) is 14.4 Å². The Hall–Kier alpha value is -2.41. The number of benzene rings is 1. The summed E-state index contributed by atoms with van der Waals surface area (Å²) in [5.74, 6) is -0.321. The van der Waals surface area contributed by atoms with E-state index in [9.17, 15) is 19.5 Å². The Kier molecular flexibility index (Phi) is 4.63. The molecule has 4 atom stereocenters. The molecule has 3 fully saturated rings. The van der Waals surface area contributed by atoms with Crippen LogP contribution in [0.3, 0.4) is 0 Å². The summed E-state index contributed by atoms with van der Waals surface area (Å²) >= 11 is 0. The molecule has 0 radical (unpaired) electrons. The Labute approximate surface area is 158 Å². The summed E-state index contributed by atoms with van der Waals surface area (Å²) < 4.78 is 0. The van der Waals surface area contributed by atoms with E-state index in [1.807, 2.05) is 30.3 Å². The van der Waals surface area contributed by atoms with Crippen LogP contribution < -0.4 is 10.6 Å². The molecule has 7 nitrogen and oxygen atoms in total. The van der Waals surface area contributed by atoms with E-state index in [1.165, 1.54) is 0 Å². The lowest BCUT2D eigenvalue weighted by Gasteiger charge is -2.47. The lowest BCUT2D eigenvalue weighted by molar-refractivity contribution is -0.150. The van der Waals surface area contributed by atoms with Gasteiger partial charge < -0.3 is 20.6 Å². The van der Waals surface area contributed by atoms with Crippen molar-refractivity contribution < 1.29 is 19.5 Å². The number of hydrogen-bond donors (Lipinski definition) is 3. The Balaban J connectivity index is 1.49. The number of carbonyl (C=O) groups excluding carboxylic acids is 3. The van der Waals surface area contributed by atoms with E-state index in [0.29, 0.717) is 45.2 Å². The van der Waals surface area contributed by atoms with Crippen LogP contribution in [0.4, 0.5) is 0 Å². The second-order valence-corrected chi connectivity index (χ2v) is 7.94. The smallest absolute Gasteiger partial charge is 0.245 e. The summed E-state index contributed by atoms with van der Waals surface area (Å²) in [5, 5.41) is 16.4. The van der Waals surface area contributed by atoms with Crippen LogP contribution >= 0.6 is 0 Å². The van der Waals surface area contributed by atoms with Gasteiger partial charge in [0.05, 0.1) is 17.6 Å². The average Bonchev–Trinajstić information content (AvgIpc) is 3.11. The fraction of sp³-hybridized carbons (Fsp3) is 0.550. The highest BCUT2D eigenvalue weighted by molar-refractivity contribution is 5.92. The van der Waals surface area contributed by atoms with E-state index in [-0.39, 0.29) is 17.7 Å². The van der Waals surface area contributed by atoms with E-state index in [0.717, 1.165) is 5.56 Å². The highest BCUT2D eigenvalue weighted by Crippen LogP contribution is 2.41. The Morgan fingerprint density at radius 1 is 1.19 bits per heavy atom. The zero-order chi connectivity index (χ0) is 19.0. The molecular formula is C20H25N3O4. The molecule has 0 unspecified atom stereocenters. The number of piperidine rings is 2. The van der Waals surface area contributed by atoms with Gasteiger partial charge in [-0.25, -0.2) is 0 Å². The first-order chi connectivity index (χ1) is 13.0. The number of carbonyl (C=O) groups is 3. The molecule has 3 saturated heterocycles. The number of nitrogens with one attached hydrogen (secondary N) is 2. The molecule has 3 N–H and O–H groups in total. The first-order valence-electron chi connectivity index (χ1n) is 9.61. The maximum Gasteiger partial charge on any atom is 0.245 e. The van der Waals surface area contributed by atoms with Crippen molar-refractivity contribution in [3.05, 3.63) is 35.9 Å². The SMILES string of the molecule is O=C1CC[C@@H](C(=O)N2CCC[C@@]3(C[C@@H](O)[C@H](c4ccccc4)NC3=O)C2)N1. The molecule has 1 spiro atoms. The fourth-order valence-electron chi connectivity index (χ4n) is 4.66. The van der Waals surface area contributed by atoms with Crippen LogP contribution in [0.1, 0.15) is 43.7 Å². The molecule has 3 aliphatic rings. The summed E-state index contributed by atoms with van der Waals surface area (Å²) in [6.07, 6.45) is 1.87. The predicted molar refractivity (Wildman–Crippen MR) is 97.4 cm³/mol. The number of aliphatic hydroxyl groups is 1. The first-order valence-corrected chi connectivity index (χ1v) is 9.61. The third-order valence-electron chi connectivity index (χ3n) is 6.09. The van der Waals surface area contributed by atoms with Crippen LogP contribution in [0.15, 0.2) is 30.3 Å². The maximum absolute atomic E-state index is 13.0. The zero-order valence-electron chi connectivity index (χ0n) is 15.2. The molecule has 0 aromatic heterocycles. The van der Waals surface area contributed by atoms with E-state index >= 15 is 0 Å². The summed E-state index contributed by atoms with van der Waals surface area (Å²) in [6.45, 7) is 0.876. The van der Waals surface area contributed by atoms with E-state index < -0.39 is 23.6 Å². The van der Waals surface area contributed by atoms with Crippen LogP contribution in [0.2, 0.25) is 0 Å². The van der Waals surface area contributed by atoms with Gasteiger partial charge in [0.2, 0.25) is 17.7 Å². The predicted octanol–water partition coefficient (Wildman–Crippen LogP) is 0.496. The summed E-state index contributed by atoms with van der Waals surface area (Å²) in [6, 6.07) is 8.54. The quantitative estimate of drug-likeness (QED) is 0.705. The highest BCUT2D eigenvalue weighted by atomic mass is 16.3. The monoisotopic (exact) mass is 371 g/mol. The van der Waals surface area contributed by atoms with Crippen molar-refractivity contribution >= 4 is 17.7 Å². The minimum atomic E-state index is -0.763. The van der Waals surface area contributed by atoms with Gasteiger partial charge in [-0.05, 0) is 31.2 Å². The Morgan fingerprint density at radius 2 is 1.96 bits per heavy atom. The number of rotatable bonds is 2. The van der Waals surface area contributed by atoms with Gasteiger partial charge in [0.1, 0.15) is 6.04 Å². The molecule has 7 heteroatoms. The number of likely N-dealkylation sites (tertiary alicyclic amines) is 1. The van der Waals surface area contributed by atoms with Crippen LogP contribution in [0.5, 0.6) is 0 Å². The number of amides is 3. The zero-order valence-corrected chi connectivity index (χ0v) is 15.2. The summed E-state index contributed by atoms with van der Waals surface area (Å²) in [7, 11) is 0. The van der Waals surface area contributed by atoms with Gasteiger partial charge in [0.15, 0.2) is 0 Å². The molecule has 0 aliphatic carbocycles. The number of aliphatic hydroxyl groups excluding tert-OH is 1. The number of hydrogen-bond acceptors (Lipinski definition) is 4. The first kappa shape index (κ1) is 18.0. The number of nitrogens with zero attached hydrogens (tertiary/aromatic N) is 1. The standard InChI is InChI=1S/C20H25N3O4/c24-15-11-20(19(27)22-17(15)13-5-2-1-3-6-13)9-4-10-23(12-20)18(26)14-7-8-16(25)21-14/h1-3,5-6,14-15,17,24H,4,7-12H2,(H,21,25)(H,22,27)/t14-,15+,17-,20+/m0/s1. The molecule has 1 aromatic rings. The second-order valence-electron chi connectivity index (χ2n) is 7.94. The maximum atomic E-state index is 13.0. The third kappa shape index (κ3) is 3.32. The molecule has 4 rings (SSSR count). The Bertz CT molecular complexity index is 753. The van der Waals surface area contributed by atoms with Crippen molar-refractivity contribution in [3.8, 4) is 0 Å². The molecule has 0 bridgehead atoms. The van der Waals surface area contributed by atoms with Crippen molar-refractivity contribution in [2.45, 2.75) is 50.3 Å². The molecule has 3 amide bonds. The normalized spacial score (nSPS) is 33.7. The van der Waals surface area contributed by atoms with E-state index in [4.69, 9.17) is 0 Å². The molecule has 27 heavy (non-hydrogen) atoms. The van der Waals surface area contributed by atoms with Crippen molar-refractivity contribution in [1.82, 2.24) is 15.5 Å². The van der Waals surface area contributed by atoms with Gasteiger partial charge in [-0.15, -0.1) is 0 Å². The molecule has 3 heterocycles. The third-order valence-corrected chi connectivity index (χ3v) is 6.09. The van der Waals surface area contributed by atoms with Crippen LogP contribution in [0.25, 0.3) is 0 Å². The van der Waals surface area contributed by atoms with Crippen molar-refractivity contribution in [3.63, 3.8) is 0 Å². The Morgan fingerprint density at radius 3 is 2.67 bits per heavy atom. The van der Waals surface area contributed by atoms with E-state index in [2.05, 4.69) is 10.6 Å². The van der Waals surface area contributed by atoms with Gasteiger partial charge in [0, 0.05) is 19.5 Å². The van der Waals surface area contributed by atoms with Crippen LogP contribution in [0, 0.1) is 5.41 Å². The second kappa shape index (κ2) is 6.96. The van der Waals surface area contributed by atoms with Gasteiger partial charge in [-0.3, -0.25) is 14.4 Å². The molecule has 144 valence electrons. The van der Waals surface area contributed by atoms with Gasteiger partial charge in [-0.2, -0.15) is 0 Å². The molecule has 3 aliphatic heterocycles. The van der Waals surface area contributed by atoms with Gasteiger partial charge >= 0.3 is 0 Å². The minimum Gasteiger partial charge on any atom is -0.391 e. The highest BCUT2D eigenvalue weighted by Gasteiger charge is 2.50. The van der Waals surface area contributed by atoms with Crippen molar-refractivity contribution in [1.29, 1.82) is 0 Å². The fourth-order valence-corrected chi connectivity index (χ4v) is 4.66. The lowest BCUT2D eigenvalue weighted by Crippen LogP contribution is -2.61. The summed E-state index contributed by atoms with van der Waals surface area (Å²) in [5.41, 5.74) is 0.118. The summed E-state index contributed by atoms with van der Waals surface area (Å²) in [4.78, 5) is 38.9. The van der Waals surface area contributed by atoms with Crippen molar-refractivity contribution in [2.75, 3.05) is 13.1 Å². The van der Waals surface area contributed by atoms with Gasteiger partial charge in [-0.1, -0.05) is 30.3 Å². The average molecular weight is 371 g/mol. The van der Waals surface area contributed by atoms with Crippen LogP contribution in [-0.4, -0.2) is 53.0 Å². The van der Waals surface area contributed by atoms with E-state index in [1.54, 1.807) is 4.90 Å². The van der Waals surface area contributed by atoms with Crippen molar-refractivity contribution in [2.24, 2.45) is 5.41 Å². The molecule has 0 saturated carbocycles. The molecular weight excluding hydrogens is 346 g/mol. The topological polar surface area (TPSA) is 98.7 Å². The molecule has 1 aromatic carbocycles. The largest absolute Gasteiger partial charge is 0.391 e. The minimum absolute atomic E-state index is 0.100. The lowest BCUT2D eigenvalue weighted by atomic mass is 9.70. The van der Waals surface area contributed by atoms with Gasteiger partial charge in [0.25, 0.3) is 0 Å².